The molecule has 2 atom stereocenters. The van der Waals surface area contributed by atoms with Crippen LogP contribution in [0.2, 0.25) is 0 Å². The summed E-state index contributed by atoms with van der Waals surface area (Å²) < 4.78 is 5.47. The number of aliphatic hydroxyl groups is 1. The van der Waals surface area contributed by atoms with Crippen molar-refractivity contribution in [3.63, 3.8) is 0 Å². The van der Waals surface area contributed by atoms with E-state index in [0.717, 1.165) is 37.4 Å². The Hall–Kier alpha value is -1.84. The molecule has 116 valence electrons. The van der Waals surface area contributed by atoms with Gasteiger partial charge in [-0.05, 0) is 18.1 Å². The summed E-state index contributed by atoms with van der Waals surface area (Å²) in [7, 11) is 1.69. The molecule has 1 heterocycles. The molecule has 1 N–H and O–H groups in total. The van der Waals surface area contributed by atoms with Crippen LogP contribution in [0.25, 0.3) is 0 Å². The van der Waals surface area contributed by atoms with E-state index in [9.17, 15) is 5.11 Å². The molecule has 1 saturated heterocycles. The van der Waals surface area contributed by atoms with E-state index in [1.54, 1.807) is 7.11 Å². The van der Waals surface area contributed by atoms with E-state index in [1.807, 2.05) is 24.3 Å². The maximum Gasteiger partial charge on any atom is 0.122 e. The second-order valence-electron chi connectivity index (χ2n) is 5.93. The van der Waals surface area contributed by atoms with Gasteiger partial charge in [0.15, 0.2) is 0 Å². The van der Waals surface area contributed by atoms with E-state index in [-0.39, 0.29) is 12.0 Å². The molecule has 1 fully saturated rings. The quantitative estimate of drug-likeness (QED) is 0.941. The van der Waals surface area contributed by atoms with E-state index >= 15 is 0 Å². The minimum atomic E-state index is -0.302. The molecule has 2 unspecified atom stereocenters. The highest BCUT2D eigenvalue weighted by Gasteiger charge is 2.30. The summed E-state index contributed by atoms with van der Waals surface area (Å²) in [5.41, 5.74) is 2.42. The lowest BCUT2D eigenvalue weighted by atomic mass is 9.87. The number of aliphatic hydroxyl groups excluding tert-OH is 1. The van der Waals surface area contributed by atoms with Gasteiger partial charge in [0, 0.05) is 31.1 Å². The standard InChI is InChI=1S/C19H23NO2/c1-22-19-10-6-5-9-16(19)17-14-20(12-11-18(17)21)13-15-7-3-2-4-8-15/h2-10,17-18,21H,11-14H2,1H3. The van der Waals surface area contributed by atoms with Crippen molar-refractivity contribution in [2.75, 3.05) is 20.2 Å². The van der Waals surface area contributed by atoms with E-state index in [0.29, 0.717) is 0 Å². The van der Waals surface area contributed by atoms with E-state index < -0.39 is 0 Å². The average molecular weight is 297 g/mol. The van der Waals surface area contributed by atoms with E-state index in [4.69, 9.17) is 4.74 Å². The average Bonchev–Trinajstić information content (AvgIpc) is 2.57. The van der Waals surface area contributed by atoms with Crippen LogP contribution in [0.15, 0.2) is 54.6 Å². The molecule has 0 amide bonds. The van der Waals surface area contributed by atoms with Crippen molar-refractivity contribution in [3.8, 4) is 5.75 Å². The van der Waals surface area contributed by atoms with Crippen LogP contribution in [0.3, 0.4) is 0 Å². The first-order valence-electron chi connectivity index (χ1n) is 7.85. The molecule has 3 rings (SSSR count). The van der Waals surface area contributed by atoms with Crippen LogP contribution >= 0.6 is 0 Å². The van der Waals surface area contributed by atoms with Gasteiger partial charge < -0.3 is 9.84 Å². The smallest absolute Gasteiger partial charge is 0.122 e. The number of methoxy groups -OCH3 is 1. The third-order valence-corrected chi connectivity index (χ3v) is 4.45. The summed E-state index contributed by atoms with van der Waals surface area (Å²) in [6.07, 6.45) is 0.499. The third kappa shape index (κ3) is 3.32. The summed E-state index contributed by atoms with van der Waals surface area (Å²) in [5.74, 6) is 0.974. The van der Waals surface area contributed by atoms with Crippen LogP contribution in [0.5, 0.6) is 5.75 Å². The summed E-state index contributed by atoms with van der Waals surface area (Å²) in [6, 6.07) is 18.5. The third-order valence-electron chi connectivity index (χ3n) is 4.45. The van der Waals surface area contributed by atoms with Crippen LogP contribution in [0, 0.1) is 0 Å². The van der Waals surface area contributed by atoms with E-state index in [1.165, 1.54) is 5.56 Å². The van der Waals surface area contributed by atoms with Crippen LogP contribution in [-0.4, -0.2) is 36.3 Å². The second-order valence-corrected chi connectivity index (χ2v) is 5.93. The lowest BCUT2D eigenvalue weighted by Gasteiger charge is -2.37. The van der Waals surface area contributed by atoms with Gasteiger partial charge in [0.2, 0.25) is 0 Å². The minimum absolute atomic E-state index is 0.105. The molecular weight excluding hydrogens is 274 g/mol. The molecular formula is C19H23NO2. The number of benzene rings is 2. The molecule has 3 heteroatoms. The Bertz CT molecular complexity index is 599. The summed E-state index contributed by atoms with van der Waals surface area (Å²) in [4.78, 5) is 2.42. The van der Waals surface area contributed by atoms with Crippen LogP contribution in [0.4, 0.5) is 0 Å². The van der Waals surface area contributed by atoms with Crippen LogP contribution in [0.1, 0.15) is 23.5 Å². The van der Waals surface area contributed by atoms with Crippen molar-refractivity contribution in [2.45, 2.75) is 25.0 Å². The van der Waals surface area contributed by atoms with Crippen molar-refractivity contribution in [2.24, 2.45) is 0 Å². The highest BCUT2D eigenvalue weighted by Crippen LogP contribution is 2.33. The van der Waals surface area contributed by atoms with Crippen molar-refractivity contribution >= 4 is 0 Å². The Morgan fingerprint density at radius 2 is 1.82 bits per heavy atom. The summed E-state index contributed by atoms with van der Waals surface area (Å²) in [6.45, 7) is 2.72. The zero-order valence-electron chi connectivity index (χ0n) is 13.0. The molecule has 2 aromatic carbocycles. The topological polar surface area (TPSA) is 32.7 Å². The van der Waals surface area contributed by atoms with Gasteiger partial charge in [-0.2, -0.15) is 0 Å². The predicted octanol–water partition coefficient (Wildman–Crippen LogP) is 3.05. The Morgan fingerprint density at radius 1 is 1.09 bits per heavy atom. The predicted molar refractivity (Wildman–Crippen MR) is 88.1 cm³/mol. The number of rotatable bonds is 4. The maximum absolute atomic E-state index is 10.4. The molecule has 0 aromatic heterocycles. The van der Waals surface area contributed by atoms with Gasteiger partial charge in [-0.3, -0.25) is 4.90 Å². The van der Waals surface area contributed by atoms with Gasteiger partial charge in [0.05, 0.1) is 13.2 Å². The summed E-state index contributed by atoms with van der Waals surface area (Å²) >= 11 is 0. The molecule has 0 saturated carbocycles. The van der Waals surface area contributed by atoms with Gasteiger partial charge in [0.25, 0.3) is 0 Å². The molecule has 1 aliphatic heterocycles. The monoisotopic (exact) mass is 297 g/mol. The van der Waals surface area contributed by atoms with Crippen molar-refractivity contribution in [3.05, 3.63) is 65.7 Å². The fourth-order valence-electron chi connectivity index (χ4n) is 3.27. The number of hydrogen-bond acceptors (Lipinski definition) is 3. The lowest BCUT2D eigenvalue weighted by Crippen LogP contribution is -2.41. The number of ether oxygens (including phenoxy) is 1. The van der Waals surface area contributed by atoms with Crippen molar-refractivity contribution < 1.29 is 9.84 Å². The highest BCUT2D eigenvalue weighted by atomic mass is 16.5. The Labute approximate surface area is 132 Å². The number of likely N-dealkylation sites (tertiary alicyclic amines) is 1. The zero-order chi connectivity index (χ0) is 15.4. The molecule has 0 radical (unpaired) electrons. The molecule has 22 heavy (non-hydrogen) atoms. The molecule has 2 aromatic rings. The SMILES string of the molecule is COc1ccccc1C1CN(Cc2ccccc2)CCC1O. The molecule has 0 bridgehead atoms. The first kappa shape index (κ1) is 15.1. The highest BCUT2D eigenvalue weighted by molar-refractivity contribution is 5.37. The Morgan fingerprint density at radius 3 is 2.59 bits per heavy atom. The number of para-hydroxylation sites is 1. The zero-order valence-corrected chi connectivity index (χ0v) is 13.0. The largest absolute Gasteiger partial charge is 0.496 e. The van der Waals surface area contributed by atoms with Gasteiger partial charge in [-0.1, -0.05) is 48.5 Å². The number of piperidine rings is 1. The Kier molecular flexibility index (Phi) is 4.76. The summed E-state index contributed by atoms with van der Waals surface area (Å²) in [5, 5.41) is 10.4. The lowest BCUT2D eigenvalue weighted by molar-refractivity contribution is 0.0559. The van der Waals surface area contributed by atoms with Gasteiger partial charge >= 0.3 is 0 Å². The Balaban J connectivity index is 1.76. The maximum atomic E-state index is 10.4. The number of nitrogens with zero attached hydrogens (tertiary/aromatic N) is 1. The van der Waals surface area contributed by atoms with Crippen LogP contribution < -0.4 is 4.74 Å². The molecule has 3 nitrogen and oxygen atoms in total. The van der Waals surface area contributed by atoms with Gasteiger partial charge in [0.1, 0.15) is 5.75 Å². The minimum Gasteiger partial charge on any atom is -0.496 e. The first-order chi connectivity index (χ1) is 10.8. The second kappa shape index (κ2) is 6.95. The van der Waals surface area contributed by atoms with Gasteiger partial charge in [-0.15, -0.1) is 0 Å². The fraction of sp³-hybridized carbons (Fsp3) is 0.368. The van der Waals surface area contributed by atoms with Crippen molar-refractivity contribution in [1.29, 1.82) is 0 Å². The molecule has 1 aliphatic rings. The normalized spacial score (nSPS) is 22.5. The van der Waals surface area contributed by atoms with E-state index in [2.05, 4.69) is 35.2 Å². The molecule has 0 spiro atoms. The van der Waals surface area contributed by atoms with Crippen molar-refractivity contribution in [1.82, 2.24) is 4.90 Å². The molecule has 0 aliphatic carbocycles. The number of hydrogen-bond donors (Lipinski definition) is 1. The van der Waals surface area contributed by atoms with Gasteiger partial charge in [-0.25, -0.2) is 0 Å². The fourth-order valence-corrected chi connectivity index (χ4v) is 3.27. The first-order valence-corrected chi connectivity index (χ1v) is 7.85. The van der Waals surface area contributed by atoms with Crippen LogP contribution in [-0.2, 0) is 6.54 Å².